The first-order chi connectivity index (χ1) is 21.7. The second-order valence-electron chi connectivity index (χ2n) is 13.9. The molecular formula is C37H54O10. The van der Waals surface area contributed by atoms with Gasteiger partial charge in [-0.1, -0.05) is 24.3 Å². The zero-order chi connectivity index (χ0) is 35.9. The molecule has 262 valence electrons. The van der Waals surface area contributed by atoms with Crippen molar-refractivity contribution in [2.45, 2.75) is 118 Å². The van der Waals surface area contributed by atoms with E-state index in [1.54, 1.807) is 41.5 Å². The van der Waals surface area contributed by atoms with E-state index < -0.39 is 46.9 Å². The van der Waals surface area contributed by atoms with Crippen LogP contribution in [0.4, 0.5) is 0 Å². The second-order valence-corrected chi connectivity index (χ2v) is 13.9. The van der Waals surface area contributed by atoms with Gasteiger partial charge in [0.25, 0.3) is 0 Å². The van der Waals surface area contributed by atoms with Crippen LogP contribution in [0.25, 0.3) is 0 Å². The monoisotopic (exact) mass is 658 g/mol. The molecule has 2 atom stereocenters. The Morgan fingerprint density at radius 1 is 0.617 bits per heavy atom. The molecule has 0 aliphatic rings. The lowest BCUT2D eigenvalue weighted by Gasteiger charge is -2.21. The Morgan fingerprint density at radius 2 is 0.957 bits per heavy atom. The molecule has 10 nitrogen and oxygen atoms in total. The Labute approximate surface area is 280 Å². The van der Waals surface area contributed by atoms with Crippen LogP contribution in [0.2, 0.25) is 0 Å². The molecule has 2 unspecified atom stereocenters. The topological polar surface area (TPSA) is 135 Å². The van der Waals surface area contributed by atoms with Crippen molar-refractivity contribution < 1.29 is 48.0 Å². The summed E-state index contributed by atoms with van der Waals surface area (Å²) in [4.78, 5) is 47.2. The number of benzene rings is 2. The van der Waals surface area contributed by atoms with E-state index in [-0.39, 0.29) is 31.5 Å². The maximum absolute atomic E-state index is 12.0. The number of ether oxygens (including phenoxy) is 5. The summed E-state index contributed by atoms with van der Waals surface area (Å²) in [6, 6.07) is 14.8. The van der Waals surface area contributed by atoms with Crippen molar-refractivity contribution in [2.75, 3.05) is 7.11 Å². The smallest absolute Gasteiger partial charge is 0.309 e. The van der Waals surface area contributed by atoms with E-state index in [9.17, 15) is 24.3 Å². The van der Waals surface area contributed by atoms with E-state index in [0.717, 1.165) is 22.6 Å². The summed E-state index contributed by atoms with van der Waals surface area (Å²) in [6.07, 6.45) is 0.723. The zero-order valence-electron chi connectivity index (χ0n) is 29.9. The SMILES string of the molecule is CC(C)Oc1ccc(CC(CC(=O)OC(C)(C)C)C(=O)O)cc1.COC(=O)C(CC(=O)OC(C)(C)C)Cc1ccc(OC(C)C)cc1. The number of carbonyl (C=O) groups excluding carboxylic acids is 3. The number of aliphatic carboxylic acids is 1. The molecule has 1 N–H and O–H groups in total. The van der Waals surface area contributed by atoms with Crippen molar-refractivity contribution in [3.63, 3.8) is 0 Å². The molecule has 2 aromatic carbocycles. The van der Waals surface area contributed by atoms with E-state index in [1.807, 2.05) is 76.2 Å². The molecule has 0 aliphatic heterocycles. The molecule has 47 heavy (non-hydrogen) atoms. The average Bonchev–Trinajstić information content (AvgIpc) is 2.91. The molecule has 0 fully saturated rings. The molecule has 0 saturated heterocycles. The highest BCUT2D eigenvalue weighted by Crippen LogP contribution is 2.22. The van der Waals surface area contributed by atoms with Crippen LogP contribution in [0, 0.1) is 11.8 Å². The molecular weight excluding hydrogens is 604 g/mol. The molecule has 0 radical (unpaired) electrons. The highest BCUT2D eigenvalue weighted by Gasteiger charge is 2.27. The number of carboxylic acid groups (broad SMARTS) is 1. The maximum Gasteiger partial charge on any atom is 0.309 e. The van der Waals surface area contributed by atoms with Crippen LogP contribution in [0.15, 0.2) is 48.5 Å². The van der Waals surface area contributed by atoms with E-state index in [0.29, 0.717) is 6.42 Å². The molecule has 0 amide bonds. The third kappa shape index (κ3) is 18.6. The lowest BCUT2D eigenvalue weighted by atomic mass is 9.96. The van der Waals surface area contributed by atoms with Crippen LogP contribution in [0.3, 0.4) is 0 Å². The van der Waals surface area contributed by atoms with Crippen LogP contribution >= 0.6 is 0 Å². The molecule has 0 heterocycles. The van der Waals surface area contributed by atoms with E-state index >= 15 is 0 Å². The number of carbonyl (C=O) groups is 4. The Hall–Kier alpha value is -4.08. The Bertz CT molecular complexity index is 1270. The van der Waals surface area contributed by atoms with Gasteiger partial charge < -0.3 is 28.8 Å². The lowest BCUT2D eigenvalue weighted by molar-refractivity contribution is -0.160. The van der Waals surface area contributed by atoms with Crippen LogP contribution in [0.5, 0.6) is 11.5 Å². The standard InChI is InChI=1S/C19H28O5.C18H26O5/c1-13(2)23-16-9-7-14(8-10-16)11-15(18(21)22-6)12-17(20)24-19(3,4)5;1-12(2)22-15-8-6-13(7-9-15)10-14(17(20)21)11-16(19)23-18(3,4)5/h7-10,13,15H,11-12H2,1-6H3;6-9,12,14H,10-11H2,1-5H3,(H,20,21). The molecule has 0 aliphatic carbocycles. The van der Waals surface area contributed by atoms with Gasteiger partial charge in [0.1, 0.15) is 22.7 Å². The number of esters is 3. The summed E-state index contributed by atoms with van der Waals surface area (Å²) in [5, 5.41) is 9.32. The summed E-state index contributed by atoms with van der Waals surface area (Å²) in [6.45, 7) is 18.5. The summed E-state index contributed by atoms with van der Waals surface area (Å²) in [5.74, 6) is -2.18. The number of rotatable bonds is 14. The minimum atomic E-state index is -1.00. The van der Waals surface area contributed by atoms with Gasteiger partial charge in [0.2, 0.25) is 0 Å². The van der Waals surface area contributed by atoms with Gasteiger partial charge in [-0.15, -0.1) is 0 Å². The first-order valence-electron chi connectivity index (χ1n) is 15.9. The van der Waals surface area contributed by atoms with Gasteiger partial charge in [0.15, 0.2) is 0 Å². The largest absolute Gasteiger partial charge is 0.491 e. The van der Waals surface area contributed by atoms with Crippen molar-refractivity contribution in [1.82, 2.24) is 0 Å². The fraction of sp³-hybridized carbons (Fsp3) is 0.568. The van der Waals surface area contributed by atoms with Crippen molar-refractivity contribution in [1.29, 1.82) is 0 Å². The van der Waals surface area contributed by atoms with Gasteiger partial charge in [-0.3, -0.25) is 19.2 Å². The highest BCUT2D eigenvalue weighted by molar-refractivity contribution is 5.80. The summed E-state index contributed by atoms with van der Waals surface area (Å²) in [7, 11) is 1.32. The third-order valence-corrected chi connectivity index (χ3v) is 6.10. The van der Waals surface area contributed by atoms with Gasteiger partial charge in [-0.2, -0.15) is 0 Å². The molecule has 2 aromatic rings. The van der Waals surface area contributed by atoms with Gasteiger partial charge in [-0.25, -0.2) is 0 Å². The first kappa shape index (κ1) is 40.9. The predicted molar refractivity (Wildman–Crippen MR) is 179 cm³/mol. The summed E-state index contributed by atoms with van der Waals surface area (Å²) in [5.41, 5.74) is 0.589. The Balaban J connectivity index is 0.000000470. The minimum Gasteiger partial charge on any atom is -0.491 e. The van der Waals surface area contributed by atoms with Gasteiger partial charge in [0.05, 0.1) is 44.0 Å². The highest BCUT2D eigenvalue weighted by atomic mass is 16.6. The fourth-order valence-electron chi connectivity index (χ4n) is 4.34. The van der Waals surface area contributed by atoms with Crippen LogP contribution < -0.4 is 9.47 Å². The average molecular weight is 659 g/mol. The van der Waals surface area contributed by atoms with Crippen LogP contribution in [-0.4, -0.2) is 59.5 Å². The van der Waals surface area contributed by atoms with Crippen LogP contribution in [0.1, 0.15) is 93.2 Å². The van der Waals surface area contributed by atoms with Gasteiger partial charge >= 0.3 is 23.9 Å². The van der Waals surface area contributed by atoms with Crippen LogP contribution in [-0.2, 0) is 46.2 Å². The fourth-order valence-corrected chi connectivity index (χ4v) is 4.34. The van der Waals surface area contributed by atoms with Gasteiger partial charge in [-0.05, 0) is 117 Å². The lowest BCUT2D eigenvalue weighted by Crippen LogP contribution is -2.28. The van der Waals surface area contributed by atoms with E-state index in [1.165, 1.54) is 7.11 Å². The molecule has 0 spiro atoms. The molecule has 2 rings (SSSR count). The summed E-state index contributed by atoms with van der Waals surface area (Å²) < 4.78 is 26.5. The molecule has 0 saturated carbocycles. The van der Waals surface area contributed by atoms with Crippen molar-refractivity contribution in [3.8, 4) is 11.5 Å². The summed E-state index contributed by atoms with van der Waals surface area (Å²) >= 11 is 0. The molecule has 10 heteroatoms. The molecule has 0 bridgehead atoms. The predicted octanol–water partition coefficient (Wildman–Crippen LogP) is 6.99. The molecule has 0 aromatic heterocycles. The van der Waals surface area contributed by atoms with Crippen molar-refractivity contribution in [2.24, 2.45) is 11.8 Å². The van der Waals surface area contributed by atoms with Crippen molar-refractivity contribution >= 4 is 23.9 Å². The van der Waals surface area contributed by atoms with E-state index in [4.69, 9.17) is 23.7 Å². The minimum absolute atomic E-state index is 0.00577. The quantitative estimate of drug-likeness (QED) is 0.167. The third-order valence-electron chi connectivity index (χ3n) is 6.10. The Morgan fingerprint density at radius 3 is 1.26 bits per heavy atom. The second kappa shape index (κ2) is 18.9. The maximum atomic E-state index is 12.0. The van der Waals surface area contributed by atoms with E-state index in [2.05, 4.69) is 0 Å². The Kier molecular flexibility index (Phi) is 16.5. The number of hydrogen-bond acceptors (Lipinski definition) is 9. The normalized spacial score (nSPS) is 12.7. The van der Waals surface area contributed by atoms with Crippen molar-refractivity contribution in [3.05, 3.63) is 59.7 Å². The number of hydrogen-bond donors (Lipinski definition) is 1. The van der Waals surface area contributed by atoms with Gasteiger partial charge in [0, 0.05) is 0 Å². The zero-order valence-corrected chi connectivity index (χ0v) is 29.9. The number of carboxylic acids is 1. The first-order valence-corrected chi connectivity index (χ1v) is 15.9. The number of methoxy groups -OCH3 is 1.